The van der Waals surface area contributed by atoms with Crippen LogP contribution in [0.2, 0.25) is 0 Å². The van der Waals surface area contributed by atoms with Gasteiger partial charge >= 0.3 is 0 Å². The van der Waals surface area contributed by atoms with E-state index in [1.165, 1.54) is 87.6 Å². The van der Waals surface area contributed by atoms with Crippen LogP contribution in [0.4, 0.5) is 0 Å². The molecule has 3 nitrogen and oxygen atoms in total. The number of aryl methyl sites for hydroxylation is 1. The minimum atomic E-state index is -0.163. The second-order valence-electron chi connectivity index (χ2n) is 16.2. The summed E-state index contributed by atoms with van der Waals surface area (Å²) in [5.74, 6) is 2.13. The molecule has 0 fully saturated rings. The average molecular weight is 680 g/mol. The number of nitrogens with zero attached hydrogens (tertiary/aromatic N) is 3. The average Bonchev–Trinajstić information content (AvgIpc) is 3.51. The zero-order valence-electron chi connectivity index (χ0n) is 30.5. The van der Waals surface area contributed by atoms with Crippen molar-refractivity contribution in [3.63, 3.8) is 0 Å². The molecule has 8 aromatic carbocycles. The second-order valence-corrected chi connectivity index (χ2v) is 16.2. The summed E-state index contributed by atoms with van der Waals surface area (Å²) in [5.41, 5.74) is 12.2. The van der Waals surface area contributed by atoms with Crippen molar-refractivity contribution >= 4 is 43.1 Å². The van der Waals surface area contributed by atoms with Gasteiger partial charge in [0.05, 0.1) is 0 Å². The molecule has 0 unspecified atom stereocenters. The normalized spacial score (nSPS) is 14.8. The van der Waals surface area contributed by atoms with Gasteiger partial charge in [-0.1, -0.05) is 100 Å². The van der Waals surface area contributed by atoms with Crippen LogP contribution < -0.4 is 0 Å². The lowest BCUT2D eigenvalue weighted by molar-refractivity contribution is 0.661. The third-order valence-corrected chi connectivity index (χ3v) is 12.3. The predicted octanol–water partition coefficient (Wildman–Crippen LogP) is 12.7. The van der Waals surface area contributed by atoms with Gasteiger partial charge in [0.1, 0.15) is 5.82 Å². The monoisotopic (exact) mass is 679 g/mol. The molecule has 1 heterocycles. The lowest BCUT2D eigenvalue weighted by Crippen LogP contribution is -2.15. The molecule has 2 aliphatic carbocycles. The fourth-order valence-corrected chi connectivity index (χ4v) is 9.36. The van der Waals surface area contributed by atoms with Gasteiger partial charge in [-0.2, -0.15) is 0 Å². The van der Waals surface area contributed by atoms with E-state index in [1.807, 2.05) is 6.92 Å². The summed E-state index contributed by atoms with van der Waals surface area (Å²) in [4.78, 5) is 14.9. The second kappa shape index (κ2) is 10.5. The molecule has 0 N–H and O–H groups in total. The van der Waals surface area contributed by atoms with Crippen LogP contribution in [0.1, 0.15) is 55.8 Å². The summed E-state index contributed by atoms with van der Waals surface area (Å²) < 4.78 is 0. The van der Waals surface area contributed by atoms with E-state index in [-0.39, 0.29) is 10.8 Å². The summed E-state index contributed by atoms with van der Waals surface area (Å²) in [7, 11) is 0. The van der Waals surface area contributed by atoms with Crippen molar-refractivity contribution in [2.24, 2.45) is 0 Å². The molecule has 0 bridgehead atoms. The molecule has 1 aromatic heterocycles. The molecule has 0 spiro atoms. The number of benzene rings is 8. The molecule has 0 radical (unpaired) electrons. The van der Waals surface area contributed by atoms with Gasteiger partial charge in [-0.05, 0) is 155 Å². The molecular weight excluding hydrogens is 643 g/mol. The first kappa shape index (κ1) is 30.4. The van der Waals surface area contributed by atoms with Crippen LogP contribution in [0.15, 0.2) is 133 Å². The Bertz CT molecular complexity index is 2870. The van der Waals surface area contributed by atoms with Gasteiger partial charge in [-0.25, -0.2) is 15.0 Å². The molecule has 0 atom stereocenters. The highest BCUT2D eigenvalue weighted by molar-refractivity contribution is 6.03. The van der Waals surface area contributed by atoms with Crippen molar-refractivity contribution in [1.29, 1.82) is 0 Å². The number of fused-ring (bicyclic) bond motifs is 10. The van der Waals surface area contributed by atoms with E-state index in [4.69, 9.17) is 15.0 Å². The first-order chi connectivity index (χ1) is 25.6. The Kier molecular flexibility index (Phi) is 6.00. The molecular formula is C50H37N3. The quantitative estimate of drug-likeness (QED) is 0.171. The Morgan fingerprint density at radius 2 is 0.698 bits per heavy atom. The predicted molar refractivity (Wildman–Crippen MR) is 221 cm³/mol. The van der Waals surface area contributed by atoms with Crippen LogP contribution >= 0.6 is 0 Å². The highest BCUT2D eigenvalue weighted by Gasteiger charge is 2.37. The first-order valence-electron chi connectivity index (χ1n) is 18.6. The van der Waals surface area contributed by atoms with Crippen molar-refractivity contribution < 1.29 is 0 Å². The van der Waals surface area contributed by atoms with Gasteiger partial charge in [0.25, 0.3) is 0 Å². The molecule has 53 heavy (non-hydrogen) atoms. The van der Waals surface area contributed by atoms with E-state index in [2.05, 4.69) is 161 Å². The lowest BCUT2D eigenvalue weighted by atomic mass is 9.81. The molecule has 3 heteroatoms. The molecule has 0 amide bonds. The van der Waals surface area contributed by atoms with Crippen LogP contribution in [0.3, 0.4) is 0 Å². The SMILES string of the molecule is Cc1nc(-c2ccc3c(c2)C(C)(C)c2cc4cc5ccccc5cc4cc2-3)nc(-c2ccc3c(c2)C(C)(C)c2cc4cc5ccccc5cc4cc2-3)n1. The van der Waals surface area contributed by atoms with E-state index >= 15 is 0 Å². The van der Waals surface area contributed by atoms with E-state index in [0.717, 1.165) is 11.1 Å². The summed E-state index contributed by atoms with van der Waals surface area (Å²) >= 11 is 0. The third-order valence-electron chi connectivity index (χ3n) is 12.3. The minimum absolute atomic E-state index is 0.163. The number of hydrogen-bond acceptors (Lipinski definition) is 3. The van der Waals surface area contributed by atoms with E-state index < -0.39 is 0 Å². The van der Waals surface area contributed by atoms with E-state index in [9.17, 15) is 0 Å². The van der Waals surface area contributed by atoms with Gasteiger partial charge in [-0.3, -0.25) is 0 Å². The van der Waals surface area contributed by atoms with Crippen LogP contribution in [-0.2, 0) is 10.8 Å². The molecule has 252 valence electrons. The van der Waals surface area contributed by atoms with Crippen LogP contribution in [0.25, 0.3) is 88.1 Å². The fourth-order valence-electron chi connectivity index (χ4n) is 9.36. The Morgan fingerprint density at radius 3 is 1.09 bits per heavy atom. The zero-order chi connectivity index (χ0) is 35.8. The number of aromatic nitrogens is 3. The highest BCUT2D eigenvalue weighted by atomic mass is 15.0. The lowest BCUT2D eigenvalue weighted by Gasteiger charge is -2.22. The Morgan fingerprint density at radius 1 is 0.340 bits per heavy atom. The minimum Gasteiger partial charge on any atom is -0.213 e. The maximum Gasteiger partial charge on any atom is 0.163 e. The van der Waals surface area contributed by atoms with Gasteiger partial charge < -0.3 is 0 Å². The summed E-state index contributed by atoms with van der Waals surface area (Å²) in [5, 5.41) is 10.2. The fraction of sp³-hybridized carbons (Fsp3) is 0.140. The maximum absolute atomic E-state index is 5.15. The van der Waals surface area contributed by atoms with Gasteiger partial charge in [-0.15, -0.1) is 0 Å². The van der Waals surface area contributed by atoms with Crippen molar-refractivity contribution in [2.45, 2.75) is 45.4 Å². The molecule has 0 saturated carbocycles. The summed E-state index contributed by atoms with van der Waals surface area (Å²) in [6.45, 7) is 11.3. The smallest absolute Gasteiger partial charge is 0.163 e. The summed E-state index contributed by atoms with van der Waals surface area (Å²) in [6, 6.07) is 49.6. The molecule has 0 saturated heterocycles. The van der Waals surface area contributed by atoms with Crippen molar-refractivity contribution in [3.8, 4) is 45.0 Å². The van der Waals surface area contributed by atoms with E-state index in [1.54, 1.807) is 0 Å². The van der Waals surface area contributed by atoms with Gasteiger partial charge in [0, 0.05) is 22.0 Å². The molecule has 2 aliphatic rings. The number of hydrogen-bond donors (Lipinski definition) is 0. The Balaban J connectivity index is 0.988. The molecule has 11 rings (SSSR count). The van der Waals surface area contributed by atoms with Crippen LogP contribution in [0, 0.1) is 6.92 Å². The van der Waals surface area contributed by atoms with Crippen molar-refractivity contribution in [2.75, 3.05) is 0 Å². The first-order valence-corrected chi connectivity index (χ1v) is 18.6. The number of rotatable bonds is 2. The Hall–Kier alpha value is -6.19. The van der Waals surface area contributed by atoms with Crippen LogP contribution in [-0.4, -0.2) is 15.0 Å². The van der Waals surface area contributed by atoms with Gasteiger partial charge in [0.2, 0.25) is 0 Å². The summed E-state index contributed by atoms with van der Waals surface area (Å²) in [6.07, 6.45) is 0. The van der Waals surface area contributed by atoms with Crippen LogP contribution in [0.5, 0.6) is 0 Å². The largest absolute Gasteiger partial charge is 0.213 e. The molecule has 0 aliphatic heterocycles. The molecule has 9 aromatic rings. The van der Waals surface area contributed by atoms with Crippen molar-refractivity contribution in [3.05, 3.63) is 162 Å². The van der Waals surface area contributed by atoms with Gasteiger partial charge in [0.15, 0.2) is 11.6 Å². The third kappa shape index (κ3) is 4.37. The van der Waals surface area contributed by atoms with Crippen molar-refractivity contribution in [1.82, 2.24) is 15.0 Å². The standard InChI is InChI=1S/C50H37N3/c1-28-51-47(33-14-16-39-41-22-35-18-29-10-6-8-12-31(29)20-37(35)26-45(41)49(2,3)43(39)24-33)53-48(52-28)34-15-17-40-42-23-36-19-30-11-7-9-13-32(30)21-38(36)27-46(42)50(4,5)44(40)25-34/h6-27H,1-5H3. The zero-order valence-corrected chi connectivity index (χ0v) is 30.5. The highest BCUT2D eigenvalue weighted by Crippen LogP contribution is 2.52. The Labute approximate surface area is 309 Å². The van der Waals surface area contributed by atoms with E-state index in [0.29, 0.717) is 17.5 Å². The maximum atomic E-state index is 5.15. The topological polar surface area (TPSA) is 38.7 Å².